The zero-order valence-corrected chi connectivity index (χ0v) is 19.8. The van der Waals surface area contributed by atoms with Crippen molar-refractivity contribution in [3.05, 3.63) is 72.2 Å². The molecule has 176 valence electrons. The van der Waals surface area contributed by atoms with Crippen LogP contribution in [0.15, 0.2) is 61.1 Å². The average Bonchev–Trinajstić information content (AvgIpc) is 3.56. The van der Waals surface area contributed by atoms with E-state index in [1.165, 1.54) is 5.56 Å². The Hall–Kier alpha value is -3.93. The fraction of sp³-hybridized carbons (Fsp3) is 0.296. The van der Waals surface area contributed by atoms with Crippen molar-refractivity contribution in [2.75, 3.05) is 38.6 Å². The summed E-state index contributed by atoms with van der Waals surface area (Å²) in [5, 5.41) is 28.4. The third-order valence-electron chi connectivity index (χ3n) is 7.06. The van der Waals surface area contributed by atoms with Crippen molar-refractivity contribution < 1.29 is 5.11 Å². The molecule has 1 unspecified atom stereocenters. The van der Waals surface area contributed by atoms with Gasteiger partial charge in [-0.2, -0.15) is 5.26 Å². The first-order valence-electron chi connectivity index (χ1n) is 11.8. The summed E-state index contributed by atoms with van der Waals surface area (Å²) in [7, 11) is 4.10. The van der Waals surface area contributed by atoms with Gasteiger partial charge < -0.3 is 19.5 Å². The molecule has 2 aliphatic heterocycles. The van der Waals surface area contributed by atoms with Gasteiger partial charge in [-0.3, -0.25) is 4.57 Å². The Kier molecular flexibility index (Phi) is 5.17. The van der Waals surface area contributed by atoms with Crippen LogP contribution in [-0.4, -0.2) is 69.2 Å². The van der Waals surface area contributed by atoms with E-state index in [-0.39, 0.29) is 12.0 Å². The molecule has 0 bridgehead atoms. The number of nitriles is 1. The van der Waals surface area contributed by atoms with Crippen molar-refractivity contribution in [2.24, 2.45) is 5.92 Å². The van der Waals surface area contributed by atoms with Crippen LogP contribution in [0.2, 0.25) is 0 Å². The second-order valence-corrected chi connectivity index (χ2v) is 9.76. The molecule has 1 N–H and O–H groups in total. The summed E-state index contributed by atoms with van der Waals surface area (Å²) in [6.07, 6.45) is 3.58. The van der Waals surface area contributed by atoms with Gasteiger partial charge in [-0.15, -0.1) is 10.2 Å². The smallest absolute Gasteiger partial charge is 0.185 e. The molecule has 1 fully saturated rings. The number of fused-ring (bicyclic) bond motifs is 5. The van der Waals surface area contributed by atoms with Crippen LogP contribution < -0.4 is 4.90 Å². The number of rotatable bonds is 4. The van der Waals surface area contributed by atoms with Gasteiger partial charge in [-0.25, -0.2) is 0 Å². The number of hydrogen-bond acceptors (Lipinski definition) is 6. The maximum absolute atomic E-state index is 10.6. The Morgan fingerprint density at radius 2 is 1.91 bits per heavy atom. The van der Waals surface area contributed by atoms with Crippen LogP contribution >= 0.6 is 0 Å². The third-order valence-corrected chi connectivity index (χ3v) is 7.06. The number of aliphatic hydroxyl groups is 1. The molecule has 8 heteroatoms. The van der Waals surface area contributed by atoms with Gasteiger partial charge in [0.1, 0.15) is 6.33 Å². The van der Waals surface area contributed by atoms with E-state index in [9.17, 15) is 5.11 Å². The molecule has 6 rings (SSSR count). The molecule has 2 aliphatic rings. The molecular formula is C27H27N7O. The highest BCUT2D eigenvalue weighted by Crippen LogP contribution is 2.35. The molecule has 2 aromatic carbocycles. The van der Waals surface area contributed by atoms with Gasteiger partial charge >= 0.3 is 0 Å². The molecule has 4 heterocycles. The number of benzene rings is 2. The number of aliphatic hydroxyl groups excluding tert-OH is 1. The van der Waals surface area contributed by atoms with Gasteiger partial charge in [0.05, 0.1) is 29.1 Å². The average molecular weight is 466 g/mol. The zero-order chi connectivity index (χ0) is 24.1. The van der Waals surface area contributed by atoms with Crippen LogP contribution in [-0.2, 0) is 6.54 Å². The molecule has 4 aromatic rings. The number of β-amino-alcohol motifs (C(OH)–C–C–N with tert-alkyl or cyclic N) is 1. The standard InChI is InChI=1S/C27H27N7O/c1-31(2)12-22-15-32(16-26(22)35)23-7-8-24-21(9-23)14-33-13-20(19-5-3-18(11-28)4-6-19)10-25(33)27-30-29-17-34(24)27/h3-10,13,17,22,26,35H,12,14-16H2,1-2H3/t22?,26-/m0/s1. The van der Waals surface area contributed by atoms with E-state index in [1.54, 1.807) is 6.33 Å². The maximum atomic E-state index is 10.6. The first-order valence-corrected chi connectivity index (χ1v) is 11.8. The van der Waals surface area contributed by atoms with Crippen LogP contribution in [0.3, 0.4) is 0 Å². The van der Waals surface area contributed by atoms with Crippen molar-refractivity contribution in [3.63, 3.8) is 0 Å². The minimum Gasteiger partial charge on any atom is -0.391 e. The van der Waals surface area contributed by atoms with Crippen LogP contribution in [0, 0.1) is 17.2 Å². The van der Waals surface area contributed by atoms with E-state index in [0.29, 0.717) is 18.7 Å². The normalized spacial score (nSPS) is 18.7. The summed E-state index contributed by atoms with van der Waals surface area (Å²) in [5.74, 6) is 1.04. The second-order valence-electron chi connectivity index (χ2n) is 9.76. The quantitative estimate of drug-likeness (QED) is 0.439. The van der Waals surface area contributed by atoms with Gasteiger partial charge in [-0.1, -0.05) is 12.1 Å². The summed E-state index contributed by atoms with van der Waals surface area (Å²) in [5.41, 5.74) is 7.16. The highest BCUT2D eigenvalue weighted by atomic mass is 16.3. The highest BCUT2D eigenvalue weighted by Gasteiger charge is 2.32. The van der Waals surface area contributed by atoms with Crippen molar-refractivity contribution in [1.82, 2.24) is 24.2 Å². The van der Waals surface area contributed by atoms with Crippen LogP contribution in [0.1, 0.15) is 11.1 Å². The molecule has 0 spiro atoms. The van der Waals surface area contributed by atoms with E-state index in [0.717, 1.165) is 47.1 Å². The second kappa shape index (κ2) is 8.38. The van der Waals surface area contributed by atoms with E-state index < -0.39 is 0 Å². The molecule has 35 heavy (non-hydrogen) atoms. The molecule has 8 nitrogen and oxygen atoms in total. The Bertz CT molecular complexity index is 1430. The minimum atomic E-state index is -0.327. The predicted molar refractivity (Wildman–Crippen MR) is 134 cm³/mol. The number of anilines is 1. The molecule has 0 radical (unpaired) electrons. The number of hydrogen-bond donors (Lipinski definition) is 1. The van der Waals surface area contributed by atoms with Crippen molar-refractivity contribution >= 4 is 5.69 Å². The molecule has 2 atom stereocenters. The lowest BCUT2D eigenvalue weighted by Gasteiger charge is -2.21. The van der Waals surface area contributed by atoms with Crippen molar-refractivity contribution in [2.45, 2.75) is 12.6 Å². The van der Waals surface area contributed by atoms with Gasteiger partial charge in [0, 0.05) is 49.5 Å². The third kappa shape index (κ3) is 3.79. The molecule has 0 saturated carbocycles. The lowest BCUT2D eigenvalue weighted by Crippen LogP contribution is -2.29. The van der Waals surface area contributed by atoms with Gasteiger partial charge in [0.15, 0.2) is 5.82 Å². The Balaban J connectivity index is 1.36. The SMILES string of the molecule is CN(C)CC1CN(c2ccc3c(c2)Cn2cc(-c4ccc(C#N)cc4)cc2-c2nncn2-3)C[C@@H]1O. The molecule has 0 aliphatic carbocycles. The van der Waals surface area contributed by atoms with Crippen LogP contribution in [0.4, 0.5) is 5.69 Å². The lowest BCUT2D eigenvalue weighted by molar-refractivity contribution is 0.130. The Morgan fingerprint density at radius 3 is 2.69 bits per heavy atom. The Morgan fingerprint density at radius 1 is 1.09 bits per heavy atom. The molecule has 2 aromatic heterocycles. The fourth-order valence-corrected chi connectivity index (χ4v) is 5.34. The Labute approximate surface area is 204 Å². The predicted octanol–water partition coefficient (Wildman–Crippen LogP) is 2.99. The lowest BCUT2D eigenvalue weighted by atomic mass is 10.1. The van der Waals surface area contributed by atoms with Crippen LogP contribution in [0.5, 0.6) is 0 Å². The monoisotopic (exact) mass is 465 g/mol. The highest BCUT2D eigenvalue weighted by molar-refractivity contribution is 5.72. The maximum Gasteiger partial charge on any atom is 0.185 e. The number of nitrogens with zero attached hydrogens (tertiary/aromatic N) is 7. The van der Waals surface area contributed by atoms with E-state index in [1.807, 2.05) is 28.8 Å². The van der Waals surface area contributed by atoms with E-state index >= 15 is 0 Å². The molecule has 0 amide bonds. The topological polar surface area (TPSA) is 86.1 Å². The van der Waals surface area contributed by atoms with Gasteiger partial charge in [-0.05, 0) is 61.6 Å². The summed E-state index contributed by atoms with van der Waals surface area (Å²) >= 11 is 0. The van der Waals surface area contributed by atoms with Crippen LogP contribution in [0.25, 0.3) is 28.3 Å². The minimum absolute atomic E-state index is 0.235. The van der Waals surface area contributed by atoms with E-state index in [2.05, 4.69) is 75.2 Å². The number of aromatic nitrogens is 4. The van der Waals surface area contributed by atoms with Gasteiger partial charge in [0.25, 0.3) is 0 Å². The summed E-state index contributed by atoms with van der Waals surface area (Å²) < 4.78 is 4.27. The molecule has 1 saturated heterocycles. The summed E-state index contributed by atoms with van der Waals surface area (Å²) in [6.45, 7) is 3.06. The first-order chi connectivity index (χ1) is 17.0. The van der Waals surface area contributed by atoms with Gasteiger partial charge in [0.2, 0.25) is 0 Å². The largest absolute Gasteiger partial charge is 0.391 e. The summed E-state index contributed by atoms with van der Waals surface area (Å²) in [4.78, 5) is 4.43. The fourth-order valence-electron chi connectivity index (χ4n) is 5.34. The molecular weight excluding hydrogens is 438 g/mol. The van der Waals surface area contributed by atoms with Crippen molar-refractivity contribution in [1.29, 1.82) is 5.26 Å². The summed E-state index contributed by atoms with van der Waals surface area (Å²) in [6, 6.07) is 18.5. The first kappa shape index (κ1) is 21.6. The van der Waals surface area contributed by atoms with E-state index in [4.69, 9.17) is 5.26 Å². The zero-order valence-electron chi connectivity index (χ0n) is 19.8. The van der Waals surface area contributed by atoms with Crippen molar-refractivity contribution in [3.8, 4) is 34.4 Å².